The van der Waals surface area contributed by atoms with E-state index in [1.807, 2.05) is 12.5 Å². The van der Waals surface area contributed by atoms with Gasteiger partial charge in [-0.3, -0.25) is 4.79 Å². The molecule has 0 aromatic heterocycles. The van der Waals surface area contributed by atoms with Crippen LogP contribution in [0.2, 0.25) is 0 Å². The standard InChI is InChI=1S/C10H20N2O3S2.K/c1-16-5-3-7(11)9(13)12-8(10(14)15)4-6-17-2;/h7-8H,3-6,11H2,1-2H3,(H,12,13)(H,14,15);/q;+1/p-1. The maximum atomic E-state index is 11.6. The van der Waals surface area contributed by atoms with Crippen LogP contribution in [0, 0.1) is 0 Å². The zero-order chi connectivity index (χ0) is 13.3. The summed E-state index contributed by atoms with van der Waals surface area (Å²) < 4.78 is 0. The molecule has 0 rings (SSSR count). The summed E-state index contributed by atoms with van der Waals surface area (Å²) in [6.45, 7) is 0. The summed E-state index contributed by atoms with van der Waals surface area (Å²) in [6, 6.07) is -1.60. The van der Waals surface area contributed by atoms with E-state index in [2.05, 4.69) is 5.32 Å². The number of rotatable bonds is 9. The predicted molar refractivity (Wildman–Crippen MR) is 70.9 cm³/mol. The molecule has 0 radical (unpaired) electrons. The van der Waals surface area contributed by atoms with E-state index in [4.69, 9.17) is 5.73 Å². The van der Waals surface area contributed by atoms with Gasteiger partial charge in [0.2, 0.25) is 5.91 Å². The maximum absolute atomic E-state index is 11.6. The molecular formula is C10H19KN2O3S2. The molecule has 0 aromatic carbocycles. The fourth-order valence-corrected chi connectivity index (χ4v) is 2.10. The minimum atomic E-state index is -1.26. The normalized spacial score (nSPS) is 13.3. The summed E-state index contributed by atoms with van der Waals surface area (Å²) in [5.74, 6) is -0.257. The van der Waals surface area contributed by atoms with Gasteiger partial charge in [-0.25, -0.2) is 0 Å². The number of amides is 1. The molecule has 3 N–H and O–H groups in total. The third-order valence-corrected chi connectivity index (χ3v) is 3.47. The van der Waals surface area contributed by atoms with E-state index >= 15 is 0 Å². The van der Waals surface area contributed by atoms with Gasteiger partial charge in [0, 0.05) is 0 Å². The summed E-state index contributed by atoms with van der Waals surface area (Å²) in [5.41, 5.74) is 5.64. The second-order valence-corrected chi connectivity index (χ2v) is 5.52. The zero-order valence-electron chi connectivity index (χ0n) is 11.1. The Labute approximate surface area is 159 Å². The molecule has 0 fully saturated rings. The van der Waals surface area contributed by atoms with E-state index in [9.17, 15) is 14.7 Å². The number of hydrogen-bond donors (Lipinski definition) is 2. The molecule has 5 nitrogen and oxygen atoms in total. The number of hydrogen-bond acceptors (Lipinski definition) is 6. The van der Waals surface area contributed by atoms with Crippen molar-refractivity contribution in [3.8, 4) is 0 Å². The molecule has 100 valence electrons. The van der Waals surface area contributed by atoms with Crippen molar-refractivity contribution in [3.05, 3.63) is 0 Å². The smallest absolute Gasteiger partial charge is 0.548 e. The van der Waals surface area contributed by atoms with Crippen molar-refractivity contribution in [1.29, 1.82) is 0 Å². The third kappa shape index (κ3) is 10.1. The zero-order valence-corrected chi connectivity index (χ0v) is 15.9. The monoisotopic (exact) mass is 318 g/mol. The van der Waals surface area contributed by atoms with Crippen LogP contribution in [0.1, 0.15) is 12.8 Å². The van der Waals surface area contributed by atoms with Gasteiger partial charge in [-0.2, -0.15) is 23.5 Å². The summed E-state index contributed by atoms with van der Waals surface area (Å²) in [5, 5.41) is 13.2. The van der Waals surface area contributed by atoms with Gasteiger partial charge in [0.25, 0.3) is 0 Å². The van der Waals surface area contributed by atoms with Crippen LogP contribution >= 0.6 is 23.5 Å². The molecule has 1 amide bonds. The van der Waals surface area contributed by atoms with Crippen LogP contribution in [0.15, 0.2) is 0 Å². The minimum Gasteiger partial charge on any atom is -0.548 e. The van der Waals surface area contributed by atoms with Gasteiger partial charge in [-0.1, -0.05) is 0 Å². The molecule has 0 aliphatic carbocycles. The average Bonchev–Trinajstić information content (AvgIpc) is 2.30. The summed E-state index contributed by atoms with van der Waals surface area (Å²) >= 11 is 3.11. The van der Waals surface area contributed by atoms with E-state index < -0.39 is 24.0 Å². The minimum absolute atomic E-state index is 0. The van der Waals surface area contributed by atoms with Crippen molar-refractivity contribution in [2.24, 2.45) is 5.73 Å². The van der Waals surface area contributed by atoms with Crippen molar-refractivity contribution in [2.45, 2.75) is 24.9 Å². The average molecular weight is 319 g/mol. The molecule has 8 heteroatoms. The van der Waals surface area contributed by atoms with Gasteiger partial charge >= 0.3 is 51.4 Å². The predicted octanol–water partition coefficient (Wildman–Crippen LogP) is -3.94. The first kappa shape index (κ1) is 21.5. The number of thioether (sulfide) groups is 2. The van der Waals surface area contributed by atoms with Gasteiger partial charge in [0.15, 0.2) is 0 Å². The van der Waals surface area contributed by atoms with Crippen molar-refractivity contribution >= 4 is 35.4 Å². The number of carbonyl (C=O) groups is 2. The Morgan fingerprint density at radius 2 is 1.72 bits per heavy atom. The number of carboxylic acid groups (broad SMARTS) is 1. The topological polar surface area (TPSA) is 95.2 Å². The first-order valence-corrected chi connectivity index (χ1v) is 8.06. The Hall–Kier alpha value is 1.24. The Bertz CT molecular complexity index is 257. The second kappa shape index (κ2) is 13.2. The van der Waals surface area contributed by atoms with Crippen LogP contribution in [0.5, 0.6) is 0 Å². The van der Waals surface area contributed by atoms with Gasteiger partial charge in [0.05, 0.1) is 18.1 Å². The van der Waals surface area contributed by atoms with Gasteiger partial charge in [-0.05, 0) is 36.9 Å². The van der Waals surface area contributed by atoms with Crippen molar-refractivity contribution < 1.29 is 66.1 Å². The van der Waals surface area contributed by atoms with Crippen molar-refractivity contribution in [3.63, 3.8) is 0 Å². The van der Waals surface area contributed by atoms with Crippen LogP contribution in [-0.2, 0) is 9.59 Å². The Balaban J connectivity index is 0. The molecule has 0 saturated carbocycles. The molecule has 0 aliphatic rings. The summed E-state index contributed by atoms with van der Waals surface area (Å²) in [4.78, 5) is 22.4. The molecule has 18 heavy (non-hydrogen) atoms. The Kier molecular flexibility index (Phi) is 15.8. The van der Waals surface area contributed by atoms with E-state index in [1.54, 1.807) is 11.8 Å². The van der Waals surface area contributed by atoms with Crippen molar-refractivity contribution in [2.75, 3.05) is 24.0 Å². The Morgan fingerprint density at radius 1 is 1.22 bits per heavy atom. The van der Waals surface area contributed by atoms with E-state index in [1.165, 1.54) is 11.8 Å². The fourth-order valence-electron chi connectivity index (χ4n) is 1.14. The van der Waals surface area contributed by atoms with Crippen molar-refractivity contribution in [1.82, 2.24) is 5.32 Å². The van der Waals surface area contributed by atoms with E-state index in [-0.39, 0.29) is 51.4 Å². The van der Waals surface area contributed by atoms with Gasteiger partial charge < -0.3 is 21.0 Å². The van der Waals surface area contributed by atoms with Crippen LogP contribution < -0.4 is 67.5 Å². The first-order valence-electron chi connectivity index (χ1n) is 5.27. The Morgan fingerprint density at radius 3 is 2.17 bits per heavy atom. The van der Waals surface area contributed by atoms with Gasteiger partial charge in [-0.15, -0.1) is 0 Å². The SMILES string of the molecule is CSCCC(N)C(=O)NC(CCSC)C(=O)[O-].[K+]. The van der Waals surface area contributed by atoms with Gasteiger partial charge in [0.1, 0.15) is 0 Å². The number of aliphatic carboxylic acids is 1. The molecule has 0 bridgehead atoms. The molecule has 2 unspecified atom stereocenters. The quantitative estimate of drug-likeness (QED) is 0.422. The molecule has 0 aromatic rings. The molecule has 0 heterocycles. The molecule has 0 aliphatic heterocycles. The number of carbonyl (C=O) groups excluding carboxylic acids is 2. The summed E-state index contributed by atoms with van der Waals surface area (Å²) in [7, 11) is 0. The largest absolute Gasteiger partial charge is 1.00 e. The van der Waals surface area contributed by atoms with Crippen LogP contribution in [0.3, 0.4) is 0 Å². The fraction of sp³-hybridized carbons (Fsp3) is 0.800. The van der Waals surface area contributed by atoms with Crippen LogP contribution in [0.25, 0.3) is 0 Å². The summed E-state index contributed by atoms with van der Waals surface area (Å²) in [6.07, 6.45) is 4.69. The maximum Gasteiger partial charge on any atom is 1.00 e. The van der Waals surface area contributed by atoms with E-state index in [0.717, 1.165) is 5.75 Å². The van der Waals surface area contributed by atoms with Crippen LogP contribution in [0.4, 0.5) is 0 Å². The van der Waals surface area contributed by atoms with Crippen LogP contribution in [-0.4, -0.2) is 48.0 Å². The second-order valence-electron chi connectivity index (χ2n) is 3.55. The molecule has 2 atom stereocenters. The third-order valence-electron chi connectivity index (χ3n) is 2.18. The molecule has 0 spiro atoms. The molecule has 0 saturated heterocycles. The number of nitrogens with one attached hydrogen (secondary N) is 1. The molecular weight excluding hydrogens is 299 g/mol. The van der Waals surface area contributed by atoms with E-state index in [0.29, 0.717) is 18.6 Å². The number of carboxylic acids is 1. The first-order chi connectivity index (χ1) is 8.02. The number of nitrogens with two attached hydrogens (primary N) is 1.